The van der Waals surface area contributed by atoms with E-state index < -0.39 is 65.2 Å². The molecule has 0 aromatic heterocycles. The summed E-state index contributed by atoms with van der Waals surface area (Å²) in [5.74, 6) is 0. The van der Waals surface area contributed by atoms with Gasteiger partial charge >= 0.3 is 18.5 Å². The molecule has 0 aromatic carbocycles. The second-order valence-electron chi connectivity index (χ2n) is 6.27. The lowest BCUT2D eigenvalue weighted by atomic mass is 10.5. The van der Waals surface area contributed by atoms with E-state index in [9.17, 15) is 39.5 Å². The summed E-state index contributed by atoms with van der Waals surface area (Å²) in [6.45, 7) is 0. The Bertz CT molecular complexity index is 393. The van der Waals surface area contributed by atoms with Gasteiger partial charge in [-0.1, -0.05) is 0 Å². The molecule has 0 bridgehead atoms. The van der Waals surface area contributed by atoms with Crippen LogP contribution in [0.2, 0.25) is 18.1 Å². The fourth-order valence-corrected chi connectivity index (χ4v) is 17.0. The van der Waals surface area contributed by atoms with Gasteiger partial charge in [-0.2, -0.15) is 39.5 Å². The topological polar surface area (TPSA) is 9.72 Å². The van der Waals surface area contributed by atoms with E-state index in [1.807, 2.05) is 0 Å². The lowest BCUT2D eigenvalue weighted by Gasteiger charge is -2.52. The van der Waals surface area contributed by atoms with Gasteiger partial charge < -0.3 is 12.7 Å². The average molecular weight is 463 g/mol. The molecule has 159 valence electrons. The van der Waals surface area contributed by atoms with Crippen molar-refractivity contribution in [3.8, 4) is 0 Å². The molecule has 1 heterocycles. The number of alkyl halides is 9. The maximum absolute atomic E-state index is 12.6. The summed E-state index contributed by atoms with van der Waals surface area (Å²) in [5, 5.41) is 0. The Morgan fingerprint density at radius 2 is 0.667 bits per heavy atom. The zero-order valence-corrected chi connectivity index (χ0v) is 18.0. The molecule has 27 heavy (non-hydrogen) atoms. The first-order valence-corrected chi connectivity index (χ1v) is 12.8. The molecule has 0 amide bonds. The Hall–Kier alpha value is -0.0994. The summed E-state index contributed by atoms with van der Waals surface area (Å²) < 4.78 is 119. The molecule has 0 aromatic rings. The lowest BCUT2D eigenvalue weighted by Crippen LogP contribution is -2.74. The third kappa shape index (κ3) is 8.43. The molecular formula is C12H21F9N3Si3. The quantitative estimate of drug-likeness (QED) is 0.434. The predicted octanol–water partition coefficient (Wildman–Crippen LogP) is 4.12. The van der Waals surface area contributed by atoms with Crippen molar-refractivity contribution in [2.45, 2.75) is 55.9 Å². The molecule has 0 saturated carbocycles. The van der Waals surface area contributed by atoms with Crippen molar-refractivity contribution in [2.75, 3.05) is 21.1 Å². The Labute approximate surface area is 157 Å². The largest absolute Gasteiger partial charge is 0.388 e. The van der Waals surface area contributed by atoms with Crippen LogP contribution >= 0.6 is 0 Å². The highest BCUT2D eigenvalue weighted by molar-refractivity contribution is 6.85. The zero-order chi connectivity index (χ0) is 21.2. The number of hydrogen-bond acceptors (Lipinski definition) is 3. The summed E-state index contributed by atoms with van der Waals surface area (Å²) >= 11 is 0. The smallest absolute Gasteiger partial charge is 0.325 e. The normalized spacial score (nSPS) is 21.3. The minimum absolute atomic E-state index is 0.282. The number of hydrogen-bond donors (Lipinski definition) is 0. The molecule has 0 spiro atoms. The van der Waals surface area contributed by atoms with Crippen LogP contribution in [-0.2, 0) is 0 Å². The second-order valence-corrected chi connectivity index (χ2v) is 15.6. The van der Waals surface area contributed by atoms with Gasteiger partial charge in [0.05, 0.1) is 0 Å². The van der Waals surface area contributed by atoms with Gasteiger partial charge in [0, 0.05) is 19.3 Å². The molecular weight excluding hydrogens is 441 g/mol. The highest BCUT2D eigenvalue weighted by atomic mass is 28.4. The van der Waals surface area contributed by atoms with Crippen molar-refractivity contribution in [1.82, 2.24) is 12.7 Å². The maximum Gasteiger partial charge on any atom is 0.388 e. The number of rotatable bonds is 6. The van der Waals surface area contributed by atoms with E-state index in [2.05, 4.69) is 0 Å². The van der Waals surface area contributed by atoms with E-state index in [-0.39, 0.29) is 18.1 Å². The fraction of sp³-hybridized carbons (Fsp3) is 1.00. The second kappa shape index (κ2) is 9.15. The third-order valence-corrected chi connectivity index (χ3v) is 15.6. The molecule has 0 unspecified atom stereocenters. The summed E-state index contributed by atoms with van der Waals surface area (Å²) in [5.41, 5.74) is 0. The number of halogens is 9. The van der Waals surface area contributed by atoms with Gasteiger partial charge in [0.2, 0.25) is 27.4 Å². The van der Waals surface area contributed by atoms with Gasteiger partial charge in [0.25, 0.3) is 0 Å². The predicted molar refractivity (Wildman–Crippen MR) is 87.0 cm³/mol. The van der Waals surface area contributed by atoms with Crippen LogP contribution in [0, 0.1) is 0 Å². The van der Waals surface area contributed by atoms with E-state index >= 15 is 0 Å². The number of nitrogens with zero attached hydrogens (tertiary/aromatic N) is 3. The molecule has 0 aliphatic carbocycles. The van der Waals surface area contributed by atoms with Gasteiger partial charge in [0.15, 0.2) is 0 Å². The fourth-order valence-electron chi connectivity index (χ4n) is 2.89. The van der Waals surface area contributed by atoms with Crippen molar-refractivity contribution in [1.29, 1.82) is 0 Å². The van der Waals surface area contributed by atoms with E-state index in [1.54, 1.807) is 12.7 Å². The summed E-state index contributed by atoms with van der Waals surface area (Å²) in [4.78, 5) is 0. The monoisotopic (exact) mass is 462 g/mol. The highest BCUT2D eigenvalue weighted by Gasteiger charge is 2.48. The lowest BCUT2D eigenvalue weighted by molar-refractivity contribution is -0.131. The molecule has 1 fully saturated rings. The summed E-state index contributed by atoms with van der Waals surface area (Å²) in [7, 11) is -1.60. The van der Waals surface area contributed by atoms with Crippen molar-refractivity contribution in [2.24, 2.45) is 0 Å². The van der Waals surface area contributed by atoms with Gasteiger partial charge in [-0.25, -0.2) is 0 Å². The van der Waals surface area contributed by atoms with Gasteiger partial charge in [-0.3, -0.25) is 0 Å². The van der Waals surface area contributed by atoms with E-state index in [0.717, 1.165) is 0 Å². The van der Waals surface area contributed by atoms with Crippen LogP contribution in [0.1, 0.15) is 19.3 Å². The minimum atomic E-state index is -4.42. The van der Waals surface area contributed by atoms with Crippen LogP contribution in [-0.4, -0.2) is 79.7 Å². The SMILES string of the molecule is CN1[Si](CCC(F)(F)F)N(C)[Si](CCC(F)(F)F)N(C)[Si]1CCC(F)(F)F. The Kier molecular flexibility index (Phi) is 8.45. The van der Waals surface area contributed by atoms with Gasteiger partial charge in [-0.15, -0.1) is 0 Å². The molecule has 1 aliphatic heterocycles. The van der Waals surface area contributed by atoms with Crippen molar-refractivity contribution in [3.63, 3.8) is 0 Å². The van der Waals surface area contributed by atoms with Crippen molar-refractivity contribution >= 4 is 27.4 Å². The molecule has 1 saturated heterocycles. The van der Waals surface area contributed by atoms with Crippen LogP contribution < -0.4 is 0 Å². The van der Waals surface area contributed by atoms with Crippen LogP contribution in [0.5, 0.6) is 0 Å². The summed E-state index contributed by atoms with van der Waals surface area (Å²) in [6.07, 6.45) is -16.5. The Morgan fingerprint density at radius 1 is 0.481 bits per heavy atom. The molecule has 1 aliphatic rings. The third-order valence-electron chi connectivity index (χ3n) is 4.22. The average Bonchev–Trinajstić information content (AvgIpc) is 2.43. The van der Waals surface area contributed by atoms with Crippen LogP contribution in [0.3, 0.4) is 0 Å². The van der Waals surface area contributed by atoms with Crippen molar-refractivity contribution < 1.29 is 39.5 Å². The first kappa shape index (κ1) is 24.9. The van der Waals surface area contributed by atoms with E-state index in [1.165, 1.54) is 21.1 Å². The zero-order valence-electron chi connectivity index (χ0n) is 15.0. The minimum Gasteiger partial charge on any atom is -0.325 e. The van der Waals surface area contributed by atoms with Crippen molar-refractivity contribution in [3.05, 3.63) is 0 Å². The molecule has 1 rings (SSSR count). The standard InChI is InChI=1S/C12H21F9N3Si3/c1-22-25(7-4-10(13,14)15)23(2)27(9-6-12(19,20)21)24(3)26(22)8-5-11(16,17)18/h4-9H2,1-3H3. The van der Waals surface area contributed by atoms with Gasteiger partial charge in [0.1, 0.15) is 0 Å². The molecule has 15 heteroatoms. The summed E-state index contributed by atoms with van der Waals surface area (Å²) in [6, 6.07) is -0.847. The Balaban J connectivity index is 3.00. The maximum atomic E-state index is 12.6. The van der Waals surface area contributed by atoms with E-state index in [4.69, 9.17) is 0 Å². The highest BCUT2D eigenvalue weighted by Crippen LogP contribution is 2.32. The van der Waals surface area contributed by atoms with Crippen LogP contribution in [0.15, 0.2) is 0 Å². The van der Waals surface area contributed by atoms with E-state index in [0.29, 0.717) is 0 Å². The molecule has 3 nitrogen and oxygen atoms in total. The molecule has 3 radical (unpaired) electrons. The first-order chi connectivity index (χ1) is 12.0. The van der Waals surface area contributed by atoms with Crippen LogP contribution in [0.25, 0.3) is 0 Å². The molecule has 0 atom stereocenters. The van der Waals surface area contributed by atoms with Crippen LogP contribution in [0.4, 0.5) is 39.5 Å². The molecule has 0 N–H and O–H groups in total. The van der Waals surface area contributed by atoms with Gasteiger partial charge in [-0.05, 0) is 39.3 Å². The Morgan fingerprint density at radius 3 is 0.815 bits per heavy atom. The first-order valence-electron chi connectivity index (χ1n) is 8.01.